The number of amidine groups is 1. The van der Waals surface area contributed by atoms with Gasteiger partial charge in [0.05, 0.1) is 18.0 Å². The van der Waals surface area contributed by atoms with E-state index in [1.54, 1.807) is 29.2 Å². The minimum Gasteiger partial charge on any atom is -0.481 e. The number of nitrogens with one attached hydrogen (secondary N) is 2. The van der Waals surface area contributed by atoms with E-state index in [9.17, 15) is 19.5 Å². The number of rotatable bonds is 7. The van der Waals surface area contributed by atoms with Crippen LogP contribution in [-0.4, -0.2) is 46.7 Å². The van der Waals surface area contributed by atoms with Crippen molar-refractivity contribution in [3.8, 4) is 12.3 Å². The third kappa shape index (κ3) is 5.13. The summed E-state index contributed by atoms with van der Waals surface area (Å²) in [6.07, 6.45) is 7.14. The Morgan fingerprint density at radius 3 is 2.50 bits per heavy atom. The summed E-state index contributed by atoms with van der Waals surface area (Å²) in [4.78, 5) is 38.7. The maximum atomic E-state index is 12.9. The first-order chi connectivity index (χ1) is 15.3. The van der Waals surface area contributed by atoms with Crippen LogP contribution in [-0.2, 0) is 4.79 Å². The fourth-order valence-electron chi connectivity index (χ4n) is 3.67. The number of carboxylic acids is 1. The summed E-state index contributed by atoms with van der Waals surface area (Å²) in [7, 11) is 0. The second-order valence-corrected chi connectivity index (χ2v) is 7.57. The molecular formula is C24H24N4O4. The van der Waals surface area contributed by atoms with Crippen LogP contribution in [0.3, 0.4) is 0 Å². The van der Waals surface area contributed by atoms with E-state index in [1.165, 1.54) is 18.2 Å². The van der Waals surface area contributed by atoms with Crippen LogP contribution >= 0.6 is 0 Å². The Labute approximate surface area is 185 Å². The van der Waals surface area contributed by atoms with Gasteiger partial charge in [-0.05, 0) is 42.7 Å². The zero-order chi connectivity index (χ0) is 23.3. The van der Waals surface area contributed by atoms with Gasteiger partial charge in [-0.3, -0.25) is 19.8 Å². The van der Waals surface area contributed by atoms with Crippen molar-refractivity contribution in [2.45, 2.75) is 25.3 Å². The number of carbonyl (C=O) groups excluding carboxylic acids is 2. The van der Waals surface area contributed by atoms with E-state index >= 15 is 0 Å². The van der Waals surface area contributed by atoms with Gasteiger partial charge in [-0.2, -0.15) is 0 Å². The number of aliphatic carboxylic acids is 1. The number of nitrogens with two attached hydrogens (primary N) is 1. The number of amides is 2. The van der Waals surface area contributed by atoms with Crippen molar-refractivity contribution in [3.05, 3.63) is 70.3 Å². The molecule has 5 N–H and O–H groups in total. The fraction of sp³-hybridized carbons (Fsp3) is 0.250. The predicted molar refractivity (Wildman–Crippen MR) is 119 cm³/mol. The molecule has 1 saturated heterocycles. The second-order valence-electron chi connectivity index (χ2n) is 7.57. The van der Waals surface area contributed by atoms with E-state index in [-0.39, 0.29) is 23.7 Å². The maximum absolute atomic E-state index is 12.9. The molecule has 1 aliphatic rings. The lowest BCUT2D eigenvalue weighted by Crippen LogP contribution is -2.31. The molecule has 32 heavy (non-hydrogen) atoms. The number of carboxylic acid groups (broad SMARTS) is 1. The molecule has 0 saturated carbocycles. The summed E-state index contributed by atoms with van der Waals surface area (Å²) in [5, 5.41) is 19.6. The van der Waals surface area contributed by atoms with E-state index in [0.29, 0.717) is 35.3 Å². The molecule has 1 heterocycles. The highest BCUT2D eigenvalue weighted by molar-refractivity contribution is 6.00. The molecule has 0 aliphatic carbocycles. The molecule has 2 amide bonds. The lowest BCUT2D eigenvalue weighted by Gasteiger charge is -2.19. The van der Waals surface area contributed by atoms with Gasteiger partial charge in [0.25, 0.3) is 11.8 Å². The van der Waals surface area contributed by atoms with Crippen LogP contribution in [0.2, 0.25) is 0 Å². The highest BCUT2D eigenvalue weighted by Crippen LogP contribution is 2.21. The van der Waals surface area contributed by atoms with Crippen molar-refractivity contribution in [1.82, 2.24) is 10.2 Å². The quantitative estimate of drug-likeness (QED) is 0.302. The Morgan fingerprint density at radius 2 is 1.88 bits per heavy atom. The van der Waals surface area contributed by atoms with Crippen LogP contribution in [0.1, 0.15) is 62.7 Å². The third-order valence-electron chi connectivity index (χ3n) is 5.35. The summed E-state index contributed by atoms with van der Waals surface area (Å²) >= 11 is 0. The number of carbonyl (C=O) groups is 3. The van der Waals surface area contributed by atoms with Crippen molar-refractivity contribution >= 4 is 23.6 Å². The molecule has 2 aromatic rings. The van der Waals surface area contributed by atoms with E-state index in [1.807, 2.05) is 0 Å². The number of likely N-dealkylation sites (tertiary alicyclic amines) is 1. The Kier molecular flexibility index (Phi) is 6.90. The number of hydrogen-bond acceptors (Lipinski definition) is 4. The first-order valence-electron chi connectivity index (χ1n) is 10.2. The van der Waals surface area contributed by atoms with Crippen LogP contribution in [0.15, 0.2) is 42.5 Å². The SMILES string of the molecule is C#Cc1cc(C(=O)NC(CC(=O)O)c2cccc(C(=N)N)c2)ccc1C(=O)N1CCCC1. The van der Waals surface area contributed by atoms with Crippen molar-refractivity contribution in [2.24, 2.45) is 5.73 Å². The van der Waals surface area contributed by atoms with Gasteiger partial charge in [0, 0.05) is 29.8 Å². The van der Waals surface area contributed by atoms with Crippen LogP contribution in [0.5, 0.6) is 0 Å². The summed E-state index contributed by atoms with van der Waals surface area (Å²) in [5.74, 6) is 0.526. The molecular weight excluding hydrogens is 408 g/mol. The van der Waals surface area contributed by atoms with Gasteiger partial charge in [0.2, 0.25) is 0 Å². The lowest BCUT2D eigenvalue weighted by atomic mass is 9.99. The Hall–Kier alpha value is -4.12. The van der Waals surface area contributed by atoms with Gasteiger partial charge in [-0.25, -0.2) is 0 Å². The summed E-state index contributed by atoms with van der Waals surface area (Å²) < 4.78 is 0. The number of benzene rings is 2. The first-order valence-corrected chi connectivity index (χ1v) is 10.2. The van der Waals surface area contributed by atoms with E-state index < -0.39 is 17.9 Å². The third-order valence-corrected chi connectivity index (χ3v) is 5.35. The average molecular weight is 432 g/mol. The van der Waals surface area contributed by atoms with Crippen molar-refractivity contribution < 1.29 is 19.5 Å². The fourth-order valence-corrected chi connectivity index (χ4v) is 3.67. The lowest BCUT2D eigenvalue weighted by molar-refractivity contribution is -0.137. The molecule has 0 radical (unpaired) electrons. The molecule has 1 atom stereocenters. The van der Waals surface area contributed by atoms with E-state index in [2.05, 4.69) is 11.2 Å². The second kappa shape index (κ2) is 9.79. The topological polar surface area (TPSA) is 137 Å². The highest BCUT2D eigenvalue weighted by atomic mass is 16.4. The predicted octanol–water partition coefficient (Wildman–Crippen LogP) is 2.13. The molecule has 8 heteroatoms. The van der Waals surface area contributed by atoms with Gasteiger partial charge in [-0.1, -0.05) is 24.1 Å². The molecule has 1 unspecified atom stereocenters. The zero-order valence-corrected chi connectivity index (χ0v) is 17.4. The highest BCUT2D eigenvalue weighted by Gasteiger charge is 2.24. The monoisotopic (exact) mass is 432 g/mol. The van der Waals surface area contributed by atoms with Crippen LogP contribution in [0.25, 0.3) is 0 Å². The van der Waals surface area contributed by atoms with Gasteiger partial charge in [0.15, 0.2) is 0 Å². The maximum Gasteiger partial charge on any atom is 0.305 e. The minimum absolute atomic E-state index is 0.160. The number of nitrogens with zero attached hydrogens (tertiary/aromatic N) is 1. The van der Waals surface area contributed by atoms with Crippen molar-refractivity contribution in [1.29, 1.82) is 5.41 Å². The summed E-state index contributed by atoms with van der Waals surface area (Å²) in [6.45, 7) is 1.36. The summed E-state index contributed by atoms with van der Waals surface area (Å²) in [5.41, 5.74) is 7.34. The van der Waals surface area contributed by atoms with Crippen LogP contribution < -0.4 is 11.1 Å². The molecule has 0 aromatic heterocycles. The Balaban J connectivity index is 1.85. The molecule has 8 nitrogen and oxygen atoms in total. The normalized spacial score (nSPS) is 13.8. The Bertz CT molecular complexity index is 1110. The van der Waals surface area contributed by atoms with Gasteiger partial charge in [-0.15, -0.1) is 6.42 Å². The van der Waals surface area contributed by atoms with Gasteiger partial charge >= 0.3 is 5.97 Å². The largest absolute Gasteiger partial charge is 0.481 e. The van der Waals surface area contributed by atoms with Crippen LogP contribution in [0, 0.1) is 17.8 Å². The number of hydrogen-bond donors (Lipinski definition) is 4. The van der Waals surface area contributed by atoms with Crippen LogP contribution in [0.4, 0.5) is 0 Å². The molecule has 164 valence electrons. The van der Waals surface area contributed by atoms with E-state index in [0.717, 1.165) is 12.8 Å². The smallest absolute Gasteiger partial charge is 0.305 e. The first kappa shape index (κ1) is 22.6. The van der Waals surface area contributed by atoms with E-state index in [4.69, 9.17) is 17.6 Å². The molecule has 2 aromatic carbocycles. The van der Waals surface area contributed by atoms with Gasteiger partial charge < -0.3 is 21.1 Å². The number of terminal acetylenes is 1. The molecule has 1 fully saturated rings. The Morgan fingerprint density at radius 1 is 1.16 bits per heavy atom. The zero-order valence-electron chi connectivity index (χ0n) is 17.4. The molecule has 0 spiro atoms. The molecule has 0 bridgehead atoms. The van der Waals surface area contributed by atoms with Crippen molar-refractivity contribution in [3.63, 3.8) is 0 Å². The summed E-state index contributed by atoms with van der Waals surface area (Å²) in [6, 6.07) is 10.1. The number of nitrogen functional groups attached to an aromatic ring is 1. The van der Waals surface area contributed by atoms with Crippen molar-refractivity contribution in [2.75, 3.05) is 13.1 Å². The molecule has 3 rings (SSSR count). The van der Waals surface area contributed by atoms with Gasteiger partial charge in [0.1, 0.15) is 5.84 Å². The average Bonchev–Trinajstić information content (AvgIpc) is 3.32. The molecule has 1 aliphatic heterocycles. The minimum atomic E-state index is -1.10. The standard InChI is InChI=1S/C24H24N4O4/c1-2-15-12-18(8-9-19(15)24(32)28-10-3-4-11-28)23(31)27-20(14-21(29)30)16-6-5-7-17(13-16)22(25)26/h1,5-9,12-13,20H,3-4,10-11,14H2,(H3,25,26)(H,27,31)(H,29,30).